The Kier molecular flexibility index (Phi) is 5.03. The molecule has 8 heteroatoms. The highest BCUT2D eigenvalue weighted by molar-refractivity contribution is 7.89. The zero-order chi connectivity index (χ0) is 16.5. The third-order valence-electron chi connectivity index (χ3n) is 3.97. The van der Waals surface area contributed by atoms with E-state index in [-0.39, 0.29) is 11.7 Å². The Morgan fingerprint density at radius 3 is 2.50 bits per heavy atom. The number of aliphatic hydroxyl groups is 1. The Bertz CT molecular complexity index is 601. The Morgan fingerprint density at radius 1 is 1.32 bits per heavy atom. The van der Waals surface area contributed by atoms with Crippen LogP contribution in [0.2, 0.25) is 0 Å². The van der Waals surface area contributed by atoms with Gasteiger partial charge in [-0.05, 0) is 18.1 Å². The monoisotopic (exact) mass is 328 g/mol. The van der Waals surface area contributed by atoms with E-state index in [1.807, 2.05) is 30.9 Å². The van der Waals surface area contributed by atoms with Crippen LogP contribution in [0.3, 0.4) is 0 Å². The fraction of sp³-hybridized carbons (Fsp3) is 0.714. The summed E-state index contributed by atoms with van der Waals surface area (Å²) >= 11 is 0. The molecule has 1 fully saturated rings. The molecule has 22 heavy (non-hydrogen) atoms. The van der Waals surface area contributed by atoms with Crippen molar-refractivity contribution in [3.8, 4) is 0 Å². The summed E-state index contributed by atoms with van der Waals surface area (Å²) in [5.41, 5.74) is 0.912. The third kappa shape index (κ3) is 3.74. The van der Waals surface area contributed by atoms with E-state index in [4.69, 9.17) is 0 Å². The standard InChI is InChI=1S/C14H24N4O3S/c1-10(2)12-5-6-14(16-15-12)18-7-11(13(19)8-18)9-22(20,21)17(3)4/h5-6,10-11,13,19H,7-9H2,1-4H3/t11-,13-/m0/s1. The molecule has 1 aliphatic heterocycles. The molecule has 0 unspecified atom stereocenters. The summed E-state index contributed by atoms with van der Waals surface area (Å²) in [6.45, 7) is 4.93. The third-order valence-corrected chi connectivity index (χ3v) is 5.94. The highest BCUT2D eigenvalue weighted by Gasteiger charge is 2.36. The summed E-state index contributed by atoms with van der Waals surface area (Å²) in [7, 11) is -0.318. The largest absolute Gasteiger partial charge is 0.391 e. The van der Waals surface area contributed by atoms with Crippen molar-refractivity contribution in [3.05, 3.63) is 17.8 Å². The van der Waals surface area contributed by atoms with Crippen molar-refractivity contribution in [2.75, 3.05) is 37.8 Å². The van der Waals surface area contributed by atoms with Crippen molar-refractivity contribution in [2.24, 2.45) is 5.92 Å². The second-order valence-corrected chi connectivity index (χ2v) is 8.49. The molecule has 0 radical (unpaired) electrons. The van der Waals surface area contributed by atoms with E-state index in [1.54, 1.807) is 0 Å². The Morgan fingerprint density at radius 2 is 2.00 bits per heavy atom. The van der Waals surface area contributed by atoms with Crippen LogP contribution in [0.15, 0.2) is 12.1 Å². The number of nitrogens with zero attached hydrogens (tertiary/aromatic N) is 4. The van der Waals surface area contributed by atoms with Gasteiger partial charge < -0.3 is 10.0 Å². The molecule has 1 saturated heterocycles. The van der Waals surface area contributed by atoms with Gasteiger partial charge in [-0.1, -0.05) is 13.8 Å². The fourth-order valence-electron chi connectivity index (χ4n) is 2.44. The number of hydrogen-bond acceptors (Lipinski definition) is 6. The van der Waals surface area contributed by atoms with Gasteiger partial charge in [0.25, 0.3) is 0 Å². The molecular weight excluding hydrogens is 304 g/mol. The number of aliphatic hydroxyl groups excluding tert-OH is 1. The lowest BCUT2D eigenvalue weighted by Gasteiger charge is -2.18. The maximum Gasteiger partial charge on any atom is 0.214 e. The van der Waals surface area contributed by atoms with Gasteiger partial charge in [0.15, 0.2) is 5.82 Å². The lowest BCUT2D eigenvalue weighted by Crippen LogP contribution is -2.33. The molecule has 7 nitrogen and oxygen atoms in total. The van der Waals surface area contributed by atoms with Gasteiger partial charge in [-0.15, -0.1) is 5.10 Å². The topological polar surface area (TPSA) is 86.6 Å². The number of sulfonamides is 1. The van der Waals surface area contributed by atoms with E-state index >= 15 is 0 Å². The molecule has 1 aliphatic rings. The van der Waals surface area contributed by atoms with E-state index in [9.17, 15) is 13.5 Å². The van der Waals surface area contributed by atoms with E-state index in [1.165, 1.54) is 18.4 Å². The van der Waals surface area contributed by atoms with E-state index < -0.39 is 16.1 Å². The number of aromatic nitrogens is 2. The van der Waals surface area contributed by atoms with Gasteiger partial charge in [0.05, 0.1) is 17.6 Å². The first-order chi connectivity index (χ1) is 10.2. The van der Waals surface area contributed by atoms with Crippen molar-refractivity contribution in [3.63, 3.8) is 0 Å². The molecule has 2 rings (SSSR count). The fourth-order valence-corrected chi connectivity index (χ4v) is 3.60. The van der Waals surface area contributed by atoms with E-state index in [2.05, 4.69) is 10.2 Å². The van der Waals surface area contributed by atoms with Crippen LogP contribution in [0.4, 0.5) is 5.82 Å². The molecule has 2 atom stereocenters. The summed E-state index contributed by atoms with van der Waals surface area (Å²) in [5.74, 6) is 0.603. The van der Waals surface area contributed by atoms with Crippen molar-refractivity contribution < 1.29 is 13.5 Å². The smallest absolute Gasteiger partial charge is 0.214 e. The van der Waals surface area contributed by atoms with Gasteiger partial charge in [-0.2, -0.15) is 5.10 Å². The van der Waals surface area contributed by atoms with Gasteiger partial charge in [0.1, 0.15) is 0 Å². The number of β-amino-alcohol motifs (C(OH)–C–C–N with tert-alkyl or cyclic N) is 1. The van der Waals surface area contributed by atoms with Crippen LogP contribution < -0.4 is 4.90 Å². The maximum absolute atomic E-state index is 12.0. The van der Waals surface area contributed by atoms with Crippen molar-refractivity contribution >= 4 is 15.8 Å². The maximum atomic E-state index is 12.0. The summed E-state index contributed by atoms with van der Waals surface area (Å²) < 4.78 is 25.1. The Balaban J connectivity index is 2.07. The number of hydrogen-bond donors (Lipinski definition) is 1. The Hall–Kier alpha value is -1.25. The number of anilines is 1. The summed E-state index contributed by atoms with van der Waals surface area (Å²) in [4.78, 5) is 1.89. The molecule has 0 bridgehead atoms. The van der Waals surface area contributed by atoms with Crippen LogP contribution in [0.5, 0.6) is 0 Å². The van der Waals surface area contributed by atoms with Gasteiger partial charge in [-0.25, -0.2) is 12.7 Å². The SMILES string of the molecule is CC(C)c1ccc(N2C[C@@H](CS(=O)(=O)N(C)C)[C@@H](O)C2)nn1. The van der Waals surface area contributed by atoms with Gasteiger partial charge in [0.2, 0.25) is 10.0 Å². The molecule has 0 amide bonds. The Labute approximate surface area is 132 Å². The second-order valence-electron chi connectivity index (χ2n) is 6.26. The first-order valence-corrected chi connectivity index (χ1v) is 8.98. The van der Waals surface area contributed by atoms with Crippen LogP contribution in [-0.4, -0.2) is 67.1 Å². The molecule has 1 N–H and O–H groups in total. The first kappa shape index (κ1) is 17.1. The molecule has 1 aromatic heterocycles. The molecule has 124 valence electrons. The molecule has 0 aliphatic carbocycles. The highest BCUT2D eigenvalue weighted by Crippen LogP contribution is 2.24. The van der Waals surface area contributed by atoms with Crippen LogP contribution >= 0.6 is 0 Å². The van der Waals surface area contributed by atoms with Crippen LogP contribution in [-0.2, 0) is 10.0 Å². The van der Waals surface area contributed by atoms with Gasteiger partial charge in [-0.3, -0.25) is 0 Å². The molecule has 0 saturated carbocycles. The van der Waals surface area contributed by atoms with Gasteiger partial charge >= 0.3 is 0 Å². The van der Waals surface area contributed by atoms with E-state index in [0.717, 1.165) is 5.69 Å². The highest BCUT2D eigenvalue weighted by atomic mass is 32.2. The van der Waals surface area contributed by atoms with Crippen molar-refractivity contribution in [1.82, 2.24) is 14.5 Å². The number of rotatable bonds is 5. The second kappa shape index (κ2) is 6.47. The molecule has 0 aromatic carbocycles. The van der Waals surface area contributed by atoms with Crippen molar-refractivity contribution in [2.45, 2.75) is 25.9 Å². The first-order valence-electron chi connectivity index (χ1n) is 7.37. The average molecular weight is 328 g/mol. The van der Waals surface area contributed by atoms with E-state index in [0.29, 0.717) is 24.8 Å². The quantitative estimate of drug-likeness (QED) is 0.836. The van der Waals surface area contributed by atoms with Crippen LogP contribution in [0, 0.1) is 5.92 Å². The minimum absolute atomic E-state index is 0.0603. The predicted octanol–water partition coefficient (Wildman–Crippen LogP) is 0.289. The predicted molar refractivity (Wildman–Crippen MR) is 85.3 cm³/mol. The van der Waals surface area contributed by atoms with Crippen LogP contribution in [0.25, 0.3) is 0 Å². The van der Waals surface area contributed by atoms with Crippen molar-refractivity contribution in [1.29, 1.82) is 0 Å². The molecule has 1 aromatic rings. The average Bonchev–Trinajstić information content (AvgIpc) is 2.79. The molecule has 2 heterocycles. The minimum atomic E-state index is -3.33. The minimum Gasteiger partial charge on any atom is -0.391 e. The van der Waals surface area contributed by atoms with Crippen LogP contribution in [0.1, 0.15) is 25.5 Å². The zero-order valence-corrected chi connectivity index (χ0v) is 14.3. The normalized spacial score (nSPS) is 22.8. The lowest BCUT2D eigenvalue weighted by molar-refractivity contribution is 0.157. The summed E-state index contributed by atoms with van der Waals surface area (Å²) in [6.07, 6.45) is -0.679. The summed E-state index contributed by atoms with van der Waals surface area (Å²) in [6, 6.07) is 3.79. The van der Waals surface area contributed by atoms with Gasteiger partial charge in [0, 0.05) is 33.1 Å². The summed E-state index contributed by atoms with van der Waals surface area (Å²) in [5, 5.41) is 18.5. The lowest BCUT2D eigenvalue weighted by atomic mass is 10.1. The molecule has 0 spiro atoms. The molecular formula is C14H24N4O3S. The zero-order valence-electron chi connectivity index (χ0n) is 13.5.